The molecule has 0 aliphatic carbocycles. The van der Waals surface area contributed by atoms with Crippen LogP contribution in [0.1, 0.15) is 54.5 Å². The van der Waals surface area contributed by atoms with Crippen LogP contribution in [0.25, 0.3) is 0 Å². The molecule has 0 unspecified atom stereocenters. The second-order valence-electron chi connectivity index (χ2n) is 7.33. The van der Waals surface area contributed by atoms with Crippen molar-refractivity contribution in [2.24, 2.45) is 0 Å². The van der Waals surface area contributed by atoms with Gasteiger partial charge in [-0.2, -0.15) is 0 Å². The third-order valence-corrected chi connectivity index (χ3v) is 4.87. The average molecular weight is 356 g/mol. The van der Waals surface area contributed by atoms with Crippen LogP contribution in [0, 0.1) is 0 Å². The third-order valence-electron chi connectivity index (χ3n) is 4.87. The van der Waals surface area contributed by atoms with Crippen LogP contribution in [0.2, 0.25) is 0 Å². The highest BCUT2D eigenvalue weighted by molar-refractivity contribution is 5.91. The number of ether oxygens (including phenoxy) is 1. The second kappa shape index (κ2) is 8.41. The predicted molar refractivity (Wildman–Crippen MR) is 102 cm³/mol. The smallest absolute Gasteiger partial charge is 0.287 e. The zero-order chi connectivity index (χ0) is 18.5. The molecule has 1 saturated heterocycles. The van der Waals surface area contributed by atoms with Crippen molar-refractivity contribution in [3.05, 3.63) is 53.5 Å². The quantitative estimate of drug-likeness (QED) is 0.855. The van der Waals surface area contributed by atoms with E-state index in [1.54, 1.807) is 12.1 Å². The Labute approximate surface area is 155 Å². The number of furan rings is 1. The van der Waals surface area contributed by atoms with Crippen molar-refractivity contribution in [1.29, 1.82) is 0 Å². The number of piperidine rings is 1. The van der Waals surface area contributed by atoms with Crippen molar-refractivity contribution in [2.45, 2.75) is 45.3 Å². The summed E-state index contributed by atoms with van der Waals surface area (Å²) >= 11 is 0. The molecule has 0 bridgehead atoms. The predicted octanol–water partition coefficient (Wildman–Crippen LogP) is 3.81. The van der Waals surface area contributed by atoms with Gasteiger partial charge in [0, 0.05) is 6.04 Å². The minimum absolute atomic E-state index is 0.146. The van der Waals surface area contributed by atoms with Gasteiger partial charge in [0.05, 0.1) is 0 Å². The zero-order valence-corrected chi connectivity index (χ0v) is 15.8. The Morgan fingerprint density at radius 2 is 1.88 bits per heavy atom. The molecule has 2 aromatic rings. The van der Waals surface area contributed by atoms with Gasteiger partial charge in [-0.05, 0) is 68.7 Å². The zero-order valence-electron chi connectivity index (χ0n) is 15.8. The summed E-state index contributed by atoms with van der Waals surface area (Å²) in [6.45, 7) is 6.66. The molecule has 5 nitrogen and oxygen atoms in total. The van der Waals surface area contributed by atoms with E-state index < -0.39 is 0 Å². The molecular weight excluding hydrogens is 328 g/mol. The normalized spacial score (nSPS) is 16.0. The number of carbonyl (C=O) groups excluding carboxylic acids is 1. The molecule has 3 rings (SSSR count). The van der Waals surface area contributed by atoms with E-state index in [2.05, 4.69) is 43.2 Å². The SMILES string of the molecule is CC(C)c1ccc(OCc2ccc(C(=O)NC3CCN(C)CC3)o2)cc1. The van der Waals surface area contributed by atoms with Crippen molar-refractivity contribution in [1.82, 2.24) is 10.2 Å². The number of hydrogen-bond donors (Lipinski definition) is 1. The summed E-state index contributed by atoms with van der Waals surface area (Å²) in [6, 6.07) is 11.8. The molecule has 5 heteroatoms. The van der Waals surface area contributed by atoms with Gasteiger partial charge in [0.2, 0.25) is 0 Å². The van der Waals surface area contributed by atoms with Crippen molar-refractivity contribution < 1.29 is 13.9 Å². The van der Waals surface area contributed by atoms with Crippen LogP contribution in [0.15, 0.2) is 40.8 Å². The molecule has 0 spiro atoms. The van der Waals surface area contributed by atoms with E-state index in [1.165, 1.54) is 5.56 Å². The first-order valence-corrected chi connectivity index (χ1v) is 9.32. The molecule has 1 aromatic heterocycles. The number of likely N-dealkylation sites (tertiary alicyclic amines) is 1. The lowest BCUT2D eigenvalue weighted by atomic mass is 10.0. The van der Waals surface area contributed by atoms with Gasteiger partial charge < -0.3 is 19.4 Å². The minimum Gasteiger partial charge on any atom is -0.486 e. The topological polar surface area (TPSA) is 54.7 Å². The van der Waals surface area contributed by atoms with Crippen molar-refractivity contribution >= 4 is 5.91 Å². The van der Waals surface area contributed by atoms with Gasteiger partial charge in [0.15, 0.2) is 5.76 Å². The number of rotatable bonds is 6. The molecule has 0 saturated carbocycles. The molecule has 1 aromatic carbocycles. The maximum atomic E-state index is 12.3. The van der Waals surface area contributed by atoms with Crippen LogP contribution in [-0.2, 0) is 6.61 Å². The van der Waals surface area contributed by atoms with E-state index in [0.29, 0.717) is 24.0 Å². The van der Waals surface area contributed by atoms with Gasteiger partial charge in [-0.15, -0.1) is 0 Å². The monoisotopic (exact) mass is 356 g/mol. The Kier molecular flexibility index (Phi) is 5.99. The van der Waals surface area contributed by atoms with Crippen LogP contribution < -0.4 is 10.1 Å². The maximum Gasteiger partial charge on any atom is 0.287 e. The molecule has 1 N–H and O–H groups in total. The van der Waals surface area contributed by atoms with E-state index in [0.717, 1.165) is 31.7 Å². The van der Waals surface area contributed by atoms with Gasteiger partial charge >= 0.3 is 0 Å². The Balaban J connectivity index is 1.50. The molecule has 26 heavy (non-hydrogen) atoms. The number of amides is 1. The van der Waals surface area contributed by atoms with Crippen molar-refractivity contribution in [3.8, 4) is 5.75 Å². The fraction of sp³-hybridized carbons (Fsp3) is 0.476. The van der Waals surface area contributed by atoms with Crippen molar-refractivity contribution in [2.75, 3.05) is 20.1 Å². The Morgan fingerprint density at radius 1 is 1.19 bits per heavy atom. The average Bonchev–Trinajstić information content (AvgIpc) is 3.11. The highest BCUT2D eigenvalue weighted by Crippen LogP contribution is 2.20. The number of hydrogen-bond acceptors (Lipinski definition) is 4. The van der Waals surface area contributed by atoms with Crippen LogP contribution in [-0.4, -0.2) is 37.0 Å². The summed E-state index contributed by atoms with van der Waals surface area (Å²) in [6.07, 6.45) is 1.95. The summed E-state index contributed by atoms with van der Waals surface area (Å²) in [4.78, 5) is 14.6. The molecule has 2 heterocycles. The lowest BCUT2D eigenvalue weighted by Crippen LogP contribution is -2.43. The Morgan fingerprint density at radius 3 is 2.54 bits per heavy atom. The summed E-state index contributed by atoms with van der Waals surface area (Å²) in [5, 5.41) is 3.06. The number of benzene rings is 1. The van der Waals surface area contributed by atoms with E-state index in [-0.39, 0.29) is 11.9 Å². The first kappa shape index (κ1) is 18.5. The van der Waals surface area contributed by atoms with Crippen LogP contribution in [0.5, 0.6) is 5.75 Å². The second-order valence-corrected chi connectivity index (χ2v) is 7.33. The fourth-order valence-electron chi connectivity index (χ4n) is 3.09. The molecule has 1 amide bonds. The Bertz CT molecular complexity index is 713. The molecule has 0 atom stereocenters. The van der Waals surface area contributed by atoms with Gasteiger partial charge in [-0.25, -0.2) is 0 Å². The number of carbonyl (C=O) groups is 1. The maximum absolute atomic E-state index is 12.3. The third kappa shape index (κ3) is 4.88. The number of nitrogens with one attached hydrogen (secondary N) is 1. The minimum atomic E-state index is -0.146. The summed E-state index contributed by atoms with van der Waals surface area (Å²) in [7, 11) is 2.10. The highest BCUT2D eigenvalue weighted by Gasteiger charge is 2.20. The molecular formula is C21H28N2O3. The lowest BCUT2D eigenvalue weighted by molar-refractivity contribution is 0.0884. The summed E-state index contributed by atoms with van der Waals surface area (Å²) in [5.41, 5.74) is 1.28. The first-order chi connectivity index (χ1) is 12.5. The Hall–Kier alpha value is -2.27. The van der Waals surface area contributed by atoms with Crippen molar-refractivity contribution in [3.63, 3.8) is 0 Å². The van der Waals surface area contributed by atoms with Crippen LogP contribution in [0.4, 0.5) is 0 Å². The first-order valence-electron chi connectivity index (χ1n) is 9.32. The summed E-state index contributed by atoms with van der Waals surface area (Å²) in [5.74, 6) is 2.14. The molecule has 140 valence electrons. The van der Waals surface area contributed by atoms with Crippen LogP contribution >= 0.6 is 0 Å². The van der Waals surface area contributed by atoms with E-state index in [1.807, 2.05) is 12.1 Å². The van der Waals surface area contributed by atoms with Gasteiger partial charge in [0.25, 0.3) is 5.91 Å². The van der Waals surface area contributed by atoms with Gasteiger partial charge in [-0.1, -0.05) is 26.0 Å². The fourth-order valence-corrected chi connectivity index (χ4v) is 3.09. The molecule has 1 aliphatic heterocycles. The lowest BCUT2D eigenvalue weighted by Gasteiger charge is -2.29. The standard InChI is InChI=1S/C21H28N2O3/c1-15(2)16-4-6-18(7-5-16)25-14-19-8-9-20(26-19)21(24)22-17-10-12-23(3)13-11-17/h4-9,15,17H,10-14H2,1-3H3,(H,22,24). The van der Waals surface area contributed by atoms with E-state index >= 15 is 0 Å². The number of nitrogens with zero attached hydrogens (tertiary/aromatic N) is 1. The summed E-state index contributed by atoms with van der Waals surface area (Å²) < 4.78 is 11.4. The van der Waals surface area contributed by atoms with Gasteiger partial charge in [-0.3, -0.25) is 4.79 Å². The highest BCUT2D eigenvalue weighted by atomic mass is 16.5. The van der Waals surface area contributed by atoms with E-state index in [4.69, 9.17) is 9.15 Å². The van der Waals surface area contributed by atoms with Crippen LogP contribution in [0.3, 0.4) is 0 Å². The largest absolute Gasteiger partial charge is 0.486 e. The molecule has 0 radical (unpaired) electrons. The van der Waals surface area contributed by atoms with Gasteiger partial charge in [0.1, 0.15) is 18.1 Å². The molecule has 1 aliphatic rings. The molecule has 1 fully saturated rings. The van der Waals surface area contributed by atoms with E-state index in [9.17, 15) is 4.79 Å².